The van der Waals surface area contributed by atoms with Gasteiger partial charge in [-0.2, -0.15) is 0 Å². The summed E-state index contributed by atoms with van der Waals surface area (Å²) in [7, 11) is 1.63. The molecule has 0 amide bonds. The maximum atomic E-state index is 12.2. The third-order valence-corrected chi connectivity index (χ3v) is 3.14. The first-order chi connectivity index (χ1) is 8.20. The molecule has 3 nitrogen and oxygen atoms in total. The molecule has 0 aromatic carbocycles. The summed E-state index contributed by atoms with van der Waals surface area (Å²) in [5, 5.41) is 0. The van der Waals surface area contributed by atoms with Crippen molar-refractivity contribution in [2.45, 2.75) is 19.3 Å². The smallest absolute Gasteiger partial charge is 0.166 e. The first-order valence-electron chi connectivity index (χ1n) is 5.82. The highest BCUT2D eigenvalue weighted by Crippen LogP contribution is 2.24. The Kier molecular flexibility index (Phi) is 3.47. The van der Waals surface area contributed by atoms with Crippen LogP contribution in [0.2, 0.25) is 0 Å². The predicted octanol–water partition coefficient (Wildman–Crippen LogP) is 2.22. The second-order valence-corrected chi connectivity index (χ2v) is 4.31. The first kappa shape index (κ1) is 11.7. The van der Waals surface area contributed by atoms with Gasteiger partial charge < -0.3 is 10.5 Å². The van der Waals surface area contributed by atoms with Crippen molar-refractivity contribution in [3.63, 3.8) is 0 Å². The van der Waals surface area contributed by atoms with E-state index in [9.17, 15) is 4.79 Å². The zero-order chi connectivity index (χ0) is 12.3. The molecule has 0 fully saturated rings. The highest BCUT2D eigenvalue weighted by Gasteiger charge is 2.21. The van der Waals surface area contributed by atoms with Gasteiger partial charge in [0.2, 0.25) is 0 Å². The lowest BCUT2D eigenvalue weighted by Crippen LogP contribution is -2.18. The van der Waals surface area contributed by atoms with Crippen LogP contribution in [0.25, 0.3) is 0 Å². The van der Waals surface area contributed by atoms with Gasteiger partial charge in [-0.3, -0.25) is 4.79 Å². The Bertz CT molecular complexity index is 441. The Balaban J connectivity index is 2.04. The van der Waals surface area contributed by atoms with E-state index in [2.05, 4.69) is 0 Å². The molecular formula is C14H17NO2. The van der Waals surface area contributed by atoms with Crippen molar-refractivity contribution in [2.75, 3.05) is 7.11 Å². The van der Waals surface area contributed by atoms with Crippen molar-refractivity contribution in [3.05, 3.63) is 47.4 Å². The molecule has 0 aliphatic heterocycles. The number of carbonyl (C=O) groups excluding carboxylic acids is 1. The van der Waals surface area contributed by atoms with Crippen LogP contribution < -0.4 is 5.73 Å². The summed E-state index contributed by atoms with van der Waals surface area (Å²) >= 11 is 0. The highest BCUT2D eigenvalue weighted by atomic mass is 16.5. The average Bonchev–Trinajstić information content (AvgIpc) is 2.39. The number of ketones is 1. The number of hydrogen-bond acceptors (Lipinski definition) is 3. The summed E-state index contributed by atoms with van der Waals surface area (Å²) in [6.07, 6.45) is 11.7. The zero-order valence-corrected chi connectivity index (χ0v) is 9.98. The Labute approximate surface area is 101 Å². The van der Waals surface area contributed by atoms with Gasteiger partial charge in [-0.1, -0.05) is 12.2 Å². The minimum Gasteiger partial charge on any atom is -0.497 e. The quantitative estimate of drug-likeness (QED) is 0.810. The highest BCUT2D eigenvalue weighted by molar-refractivity contribution is 5.99. The first-order valence-corrected chi connectivity index (χ1v) is 5.82. The van der Waals surface area contributed by atoms with E-state index in [1.54, 1.807) is 7.11 Å². The maximum absolute atomic E-state index is 12.2. The third kappa shape index (κ3) is 2.67. The molecule has 0 aromatic heterocycles. The molecule has 0 bridgehead atoms. The number of carbonyl (C=O) groups is 1. The van der Waals surface area contributed by atoms with Crippen LogP contribution in [0.1, 0.15) is 19.3 Å². The number of allylic oxidation sites excluding steroid dienone is 7. The van der Waals surface area contributed by atoms with Crippen LogP contribution in [0.5, 0.6) is 0 Å². The van der Waals surface area contributed by atoms with E-state index >= 15 is 0 Å². The lowest BCUT2D eigenvalue weighted by Gasteiger charge is -2.18. The number of rotatable bonds is 3. The molecule has 0 aromatic rings. The summed E-state index contributed by atoms with van der Waals surface area (Å²) in [6, 6.07) is 0. The molecule has 2 N–H and O–H groups in total. The van der Waals surface area contributed by atoms with Crippen molar-refractivity contribution in [3.8, 4) is 0 Å². The SMILES string of the molecule is COC1=CCC(C(=O)C2=CC=C(N)CC2)C=C1. The van der Waals surface area contributed by atoms with E-state index in [-0.39, 0.29) is 11.7 Å². The van der Waals surface area contributed by atoms with Crippen molar-refractivity contribution in [1.82, 2.24) is 0 Å². The molecule has 0 saturated carbocycles. The van der Waals surface area contributed by atoms with Gasteiger partial charge in [-0.25, -0.2) is 0 Å². The summed E-state index contributed by atoms with van der Waals surface area (Å²) in [5.74, 6) is 0.986. The summed E-state index contributed by atoms with van der Waals surface area (Å²) in [6.45, 7) is 0. The topological polar surface area (TPSA) is 52.3 Å². The molecule has 90 valence electrons. The van der Waals surface area contributed by atoms with E-state index in [0.29, 0.717) is 0 Å². The molecule has 0 heterocycles. The Morgan fingerprint density at radius 2 is 2.24 bits per heavy atom. The van der Waals surface area contributed by atoms with E-state index < -0.39 is 0 Å². The Hall–Kier alpha value is -1.77. The van der Waals surface area contributed by atoms with E-state index in [1.165, 1.54) is 0 Å². The lowest BCUT2D eigenvalue weighted by atomic mass is 9.87. The fourth-order valence-electron chi connectivity index (χ4n) is 2.04. The number of nitrogens with two attached hydrogens (primary N) is 1. The number of Topliss-reactive ketones (excluding diaryl/α,β-unsaturated/α-hetero) is 1. The van der Waals surface area contributed by atoms with E-state index in [4.69, 9.17) is 10.5 Å². The lowest BCUT2D eigenvalue weighted by molar-refractivity contribution is -0.118. The van der Waals surface area contributed by atoms with E-state index in [1.807, 2.05) is 30.4 Å². The van der Waals surface area contributed by atoms with Crippen LogP contribution in [-0.2, 0) is 9.53 Å². The summed E-state index contributed by atoms with van der Waals surface area (Å²) in [5.41, 5.74) is 7.40. The van der Waals surface area contributed by atoms with Crippen LogP contribution in [0.15, 0.2) is 47.4 Å². The van der Waals surface area contributed by atoms with E-state index in [0.717, 1.165) is 36.3 Å². The predicted molar refractivity (Wildman–Crippen MR) is 66.9 cm³/mol. The largest absolute Gasteiger partial charge is 0.497 e. The van der Waals surface area contributed by atoms with Crippen LogP contribution in [0.3, 0.4) is 0 Å². The molecule has 1 unspecified atom stereocenters. The molecule has 2 aliphatic rings. The minimum atomic E-state index is -0.0483. The fourth-order valence-corrected chi connectivity index (χ4v) is 2.04. The second kappa shape index (κ2) is 5.04. The maximum Gasteiger partial charge on any atom is 0.166 e. The van der Waals surface area contributed by atoms with Gasteiger partial charge in [0.25, 0.3) is 0 Å². The molecule has 0 spiro atoms. The normalized spacial score (nSPS) is 23.6. The van der Waals surface area contributed by atoms with Gasteiger partial charge in [0.15, 0.2) is 5.78 Å². The Morgan fingerprint density at radius 1 is 1.41 bits per heavy atom. The summed E-state index contributed by atoms with van der Waals surface area (Å²) in [4.78, 5) is 12.2. The van der Waals surface area contributed by atoms with Gasteiger partial charge in [-0.05, 0) is 43.1 Å². The summed E-state index contributed by atoms with van der Waals surface area (Å²) < 4.78 is 5.10. The molecular weight excluding hydrogens is 214 g/mol. The second-order valence-electron chi connectivity index (χ2n) is 4.31. The fraction of sp³-hybridized carbons (Fsp3) is 0.357. The molecule has 2 aliphatic carbocycles. The van der Waals surface area contributed by atoms with Crippen molar-refractivity contribution in [2.24, 2.45) is 11.7 Å². The Morgan fingerprint density at radius 3 is 2.76 bits per heavy atom. The monoisotopic (exact) mass is 231 g/mol. The number of ether oxygens (including phenoxy) is 1. The molecule has 2 rings (SSSR count). The van der Waals surface area contributed by atoms with Crippen LogP contribution in [0, 0.1) is 5.92 Å². The third-order valence-electron chi connectivity index (χ3n) is 3.14. The van der Waals surface area contributed by atoms with Crippen molar-refractivity contribution < 1.29 is 9.53 Å². The number of hydrogen-bond donors (Lipinski definition) is 1. The van der Waals surface area contributed by atoms with Gasteiger partial charge in [0.05, 0.1) is 7.11 Å². The number of methoxy groups -OCH3 is 1. The van der Waals surface area contributed by atoms with Gasteiger partial charge in [-0.15, -0.1) is 0 Å². The zero-order valence-electron chi connectivity index (χ0n) is 9.98. The van der Waals surface area contributed by atoms with Crippen molar-refractivity contribution in [1.29, 1.82) is 0 Å². The van der Waals surface area contributed by atoms with Gasteiger partial charge in [0.1, 0.15) is 5.76 Å². The molecule has 3 heteroatoms. The van der Waals surface area contributed by atoms with Crippen LogP contribution in [0.4, 0.5) is 0 Å². The van der Waals surface area contributed by atoms with Gasteiger partial charge in [0, 0.05) is 11.6 Å². The molecule has 0 radical (unpaired) electrons. The van der Waals surface area contributed by atoms with Crippen LogP contribution >= 0.6 is 0 Å². The minimum absolute atomic E-state index is 0.0483. The molecule has 17 heavy (non-hydrogen) atoms. The van der Waals surface area contributed by atoms with Gasteiger partial charge >= 0.3 is 0 Å². The molecule has 1 atom stereocenters. The van der Waals surface area contributed by atoms with Crippen LogP contribution in [-0.4, -0.2) is 12.9 Å². The average molecular weight is 231 g/mol. The standard InChI is InChI=1S/C14H17NO2/c1-17-13-8-4-11(5-9-13)14(16)10-2-6-12(15)7-3-10/h2,4,6,8-9,11H,3,5,7,15H2,1H3. The van der Waals surface area contributed by atoms with Crippen molar-refractivity contribution >= 4 is 5.78 Å². The molecule has 0 saturated heterocycles.